The first-order valence-corrected chi connectivity index (χ1v) is 7.26. The van der Waals surface area contributed by atoms with Crippen molar-refractivity contribution >= 4 is 17.5 Å². The number of carbonyl (C=O) groups excluding carboxylic acids is 1. The van der Waals surface area contributed by atoms with E-state index >= 15 is 0 Å². The lowest BCUT2D eigenvalue weighted by Gasteiger charge is -2.32. The van der Waals surface area contributed by atoms with Crippen molar-refractivity contribution in [2.75, 3.05) is 13.1 Å². The van der Waals surface area contributed by atoms with Gasteiger partial charge in [-0.25, -0.2) is 4.39 Å². The smallest absolute Gasteiger partial charge is 0.256 e. The Morgan fingerprint density at radius 3 is 3.00 bits per heavy atom. The van der Waals surface area contributed by atoms with Crippen molar-refractivity contribution in [1.29, 1.82) is 0 Å². The molecule has 1 fully saturated rings. The van der Waals surface area contributed by atoms with Crippen LogP contribution >= 0.6 is 11.6 Å². The van der Waals surface area contributed by atoms with Crippen molar-refractivity contribution in [2.24, 2.45) is 0 Å². The van der Waals surface area contributed by atoms with Crippen LogP contribution in [0.4, 0.5) is 4.39 Å². The number of hydrogen-bond acceptors (Lipinski definition) is 2. The zero-order valence-electron chi connectivity index (χ0n) is 11.4. The van der Waals surface area contributed by atoms with E-state index in [2.05, 4.69) is 10.2 Å². The van der Waals surface area contributed by atoms with Gasteiger partial charge in [0.15, 0.2) is 0 Å². The van der Waals surface area contributed by atoms with Gasteiger partial charge in [-0.15, -0.1) is 0 Å². The summed E-state index contributed by atoms with van der Waals surface area (Å²) in [4.78, 5) is 14.2. The number of carbonyl (C=O) groups is 1. The standard InChI is InChI=1S/C15H15ClFN3O/c16-11-3-4-12(13(17)8-11)15(21)20-7-1-2-10(9-20)14-5-6-18-19-14/h3-6,8,10H,1-2,7,9H2,(H,18,19)/t10-/m0/s1. The topological polar surface area (TPSA) is 49.0 Å². The first-order chi connectivity index (χ1) is 10.1. The Kier molecular flexibility index (Phi) is 3.92. The summed E-state index contributed by atoms with van der Waals surface area (Å²) >= 11 is 5.72. The van der Waals surface area contributed by atoms with E-state index in [1.165, 1.54) is 18.2 Å². The molecule has 1 amide bonds. The van der Waals surface area contributed by atoms with Gasteiger partial charge in [0.25, 0.3) is 5.91 Å². The van der Waals surface area contributed by atoms with Crippen LogP contribution in [0.25, 0.3) is 0 Å². The Hall–Kier alpha value is -1.88. The largest absolute Gasteiger partial charge is 0.338 e. The highest BCUT2D eigenvalue weighted by atomic mass is 35.5. The van der Waals surface area contributed by atoms with Gasteiger partial charge in [0, 0.05) is 35.9 Å². The van der Waals surface area contributed by atoms with Crippen LogP contribution in [0.15, 0.2) is 30.5 Å². The van der Waals surface area contributed by atoms with Crippen LogP contribution in [-0.4, -0.2) is 34.1 Å². The second-order valence-corrected chi connectivity index (χ2v) is 5.66. The first-order valence-electron chi connectivity index (χ1n) is 6.89. The van der Waals surface area contributed by atoms with E-state index in [9.17, 15) is 9.18 Å². The number of rotatable bonds is 2. The molecule has 2 heterocycles. The first kappa shape index (κ1) is 14.1. The van der Waals surface area contributed by atoms with Gasteiger partial charge in [-0.2, -0.15) is 5.10 Å². The molecule has 1 atom stereocenters. The molecular formula is C15H15ClFN3O. The molecular weight excluding hydrogens is 293 g/mol. The number of likely N-dealkylation sites (tertiary alicyclic amines) is 1. The fourth-order valence-electron chi connectivity index (χ4n) is 2.74. The molecule has 1 saturated heterocycles. The molecule has 0 saturated carbocycles. The van der Waals surface area contributed by atoms with E-state index in [0.717, 1.165) is 18.5 Å². The molecule has 110 valence electrons. The normalized spacial score (nSPS) is 18.8. The van der Waals surface area contributed by atoms with Gasteiger partial charge in [0.05, 0.1) is 5.56 Å². The summed E-state index contributed by atoms with van der Waals surface area (Å²) in [6.07, 6.45) is 3.59. The van der Waals surface area contributed by atoms with E-state index in [1.807, 2.05) is 6.07 Å². The molecule has 1 aromatic heterocycles. The summed E-state index contributed by atoms with van der Waals surface area (Å²) in [6, 6.07) is 6.07. The van der Waals surface area contributed by atoms with Crippen molar-refractivity contribution in [2.45, 2.75) is 18.8 Å². The van der Waals surface area contributed by atoms with Gasteiger partial charge < -0.3 is 4.90 Å². The highest BCUT2D eigenvalue weighted by Crippen LogP contribution is 2.27. The third kappa shape index (κ3) is 2.93. The number of aromatic nitrogens is 2. The molecule has 0 bridgehead atoms. The second-order valence-electron chi connectivity index (χ2n) is 5.23. The second kappa shape index (κ2) is 5.85. The van der Waals surface area contributed by atoms with Crippen LogP contribution < -0.4 is 0 Å². The summed E-state index contributed by atoms with van der Waals surface area (Å²) in [5.74, 6) is -0.634. The number of H-pyrrole nitrogens is 1. The third-order valence-corrected chi connectivity index (χ3v) is 4.07. The maximum Gasteiger partial charge on any atom is 0.256 e. The molecule has 0 aliphatic carbocycles. The quantitative estimate of drug-likeness (QED) is 0.926. The number of nitrogens with zero attached hydrogens (tertiary/aromatic N) is 2. The van der Waals surface area contributed by atoms with Crippen LogP contribution in [-0.2, 0) is 0 Å². The number of benzene rings is 1. The Bertz CT molecular complexity index is 644. The molecule has 1 aromatic carbocycles. The van der Waals surface area contributed by atoms with E-state index in [-0.39, 0.29) is 22.4 Å². The van der Waals surface area contributed by atoms with Crippen molar-refractivity contribution < 1.29 is 9.18 Å². The number of piperidine rings is 1. The van der Waals surface area contributed by atoms with Crippen molar-refractivity contribution in [3.63, 3.8) is 0 Å². The maximum absolute atomic E-state index is 13.9. The predicted octanol–water partition coefficient (Wildman–Crippen LogP) is 3.22. The zero-order valence-corrected chi connectivity index (χ0v) is 12.1. The molecule has 1 aliphatic heterocycles. The fraction of sp³-hybridized carbons (Fsp3) is 0.333. The van der Waals surface area contributed by atoms with E-state index in [1.54, 1.807) is 11.1 Å². The minimum Gasteiger partial charge on any atom is -0.338 e. The van der Waals surface area contributed by atoms with E-state index in [0.29, 0.717) is 13.1 Å². The van der Waals surface area contributed by atoms with Crippen molar-refractivity contribution in [3.05, 3.63) is 52.6 Å². The average Bonchev–Trinajstić information content (AvgIpc) is 3.01. The van der Waals surface area contributed by atoms with Gasteiger partial charge in [-0.1, -0.05) is 11.6 Å². The van der Waals surface area contributed by atoms with Gasteiger partial charge >= 0.3 is 0 Å². The Labute approximate surface area is 126 Å². The molecule has 0 unspecified atom stereocenters. The Morgan fingerprint density at radius 1 is 1.43 bits per heavy atom. The lowest BCUT2D eigenvalue weighted by Crippen LogP contribution is -2.39. The summed E-state index contributed by atoms with van der Waals surface area (Å²) in [6.45, 7) is 1.22. The average molecular weight is 308 g/mol. The molecule has 3 rings (SSSR count). The number of aromatic amines is 1. The molecule has 21 heavy (non-hydrogen) atoms. The Balaban J connectivity index is 1.78. The lowest BCUT2D eigenvalue weighted by molar-refractivity contribution is 0.0701. The third-order valence-electron chi connectivity index (χ3n) is 3.83. The van der Waals surface area contributed by atoms with Crippen LogP contribution in [0.3, 0.4) is 0 Å². The molecule has 0 spiro atoms. The van der Waals surface area contributed by atoms with Crippen molar-refractivity contribution in [3.8, 4) is 0 Å². The highest BCUT2D eigenvalue weighted by Gasteiger charge is 2.27. The summed E-state index contributed by atoms with van der Waals surface area (Å²) < 4.78 is 13.9. The monoisotopic (exact) mass is 307 g/mol. The number of amides is 1. The van der Waals surface area contributed by atoms with E-state index in [4.69, 9.17) is 11.6 Å². The Morgan fingerprint density at radius 2 is 2.29 bits per heavy atom. The molecule has 6 heteroatoms. The molecule has 4 nitrogen and oxygen atoms in total. The summed E-state index contributed by atoms with van der Waals surface area (Å²) in [5, 5.41) is 7.18. The molecule has 0 radical (unpaired) electrons. The van der Waals surface area contributed by atoms with Crippen LogP contribution in [0, 0.1) is 5.82 Å². The van der Waals surface area contributed by atoms with Gasteiger partial charge in [0.2, 0.25) is 0 Å². The molecule has 1 aliphatic rings. The minimum atomic E-state index is -0.573. The highest BCUT2D eigenvalue weighted by molar-refractivity contribution is 6.30. The maximum atomic E-state index is 13.9. The SMILES string of the molecule is O=C(c1ccc(Cl)cc1F)N1CCC[C@H](c2ccn[nH]2)C1. The van der Waals surface area contributed by atoms with Crippen LogP contribution in [0.1, 0.15) is 34.8 Å². The number of halogens is 2. The van der Waals surface area contributed by atoms with Gasteiger partial charge in [-0.3, -0.25) is 9.89 Å². The molecule has 2 aromatic rings. The van der Waals surface area contributed by atoms with E-state index < -0.39 is 5.82 Å². The summed E-state index contributed by atoms with van der Waals surface area (Å²) in [5.41, 5.74) is 1.09. The minimum absolute atomic E-state index is 0.0738. The van der Waals surface area contributed by atoms with Gasteiger partial charge in [0.1, 0.15) is 5.82 Å². The zero-order chi connectivity index (χ0) is 14.8. The summed E-state index contributed by atoms with van der Waals surface area (Å²) in [7, 11) is 0. The van der Waals surface area contributed by atoms with Gasteiger partial charge in [-0.05, 0) is 37.1 Å². The van der Waals surface area contributed by atoms with Crippen LogP contribution in [0.5, 0.6) is 0 Å². The lowest BCUT2D eigenvalue weighted by atomic mass is 9.94. The van der Waals surface area contributed by atoms with Crippen molar-refractivity contribution in [1.82, 2.24) is 15.1 Å². The number of hydrogen-bond donors (Lipinski definition) is 1. The van der Waals surface area contributed by atoms with Crippen LogP contribution in [0.2, 0.25) is 5.02 Å². The predicted molar refractivity (Wildman–Crippen MR) is 77.9 cm³/mol. The molecule has 1 N–H and O–H groups in total. The fourth-order valence-corrected chi connectivity index (χ4v) is 2.90. The number of nitrogens with one attached hydrogen (secondary N) is 1.